The van der Waals surface area contributed by atoms with Crippen LogP contribution in [0.2, 0.25) is 0 Å². The molecule has 3 fully saturated rings. The summed E-state index contributed by atoms with van der Waals surface area (Å²) in [7, 11) is 1.54. The van der Waals surface area contributed by atoms with Crippen molar-refractivity contribution in [2.75, 3.05) is 33.4 Å². The molecule has 1 saturated carbocycles. The lowest BCUT2D eigenvalue weighted by atomic mass is 10.1. The van der Waals surface area contributed by atoms with Gasteiger partial charge in [-0.1, -0.05) is 12.1 Å². The van der Waals surface area contributed by atoms with Crippen molar-refractivity contribution in [2.24, 2.45) is 5.92 Å². The number of fused-ring (bicyclic) bond motifs is 2. The van der Waals surface area contributed by atoms with Gasteiger partial charge < -0.3 is 19.3 Å². The quantitative estimate of drug-likeness (QED) is 0.796. The van der Waals surface area contributed by atoms with E-state index in [1.165, 1.54) is 13.5 Å². The summed E-state index contributed by atoms with van der Waals surface area (Å²) >= 11 is 0. The minimum absolute atomic E-state index is 0.0237. The van der Waals surface area contributed by atoms with Crippen molar-refractivity contribution in [1.82, 2.24) is 9.80 Å². The average Bonchev–Trinajstić information content (AvgIpc) is 3.32. The van der Waals surface area contributed by atoms with Gasteiger partial charge in [-0.3, -0.25) is 9.59 Å². The lowest BCUT2D eigenvalue weighted by Crippen LogP contribution is -2.43. The van der Waals surface area contributed by atoms with E-state index in [-0.39, 0.29) is 24.5 Å². The number of benzene rings is 1. The van der Waals surface area contributed by atoms with E-state index in [0.717, 1.165) is 32.2 Å². The molecular formula is C21H28N2O4. The number of rotatable bonds is 5. The van der Waals surface area contributed by atoms with Gasteiger partial charge in [-0.2, -0.15) is 0 Å². The second-order valence-electron chi connectivity index (χ2n) is 7.92. The van der Waals surface area contributed by atoms with E-state index in [1.54, 1.807) is 0 Å². The number of hydrogen-bond donors (Lipinski definition) is 0. The molecule has 2 bridgehead atoms. The van der Waals surface area contributed by atoms with Crippen LogP contribution in [0.25, 0.3) is 0 Å². The van der Waals surface area contributed by atoms with Crippen LogP contribution in [0.15, 0.2) is 24.3 Å². The highest BCUT2D eigenvalue weighted by Crippen LogP contribution is 2.39. The van der Waals surface area contributed by atoms with Crippen molar-refractivity contribution in [3.05, 3.63) is 29.8 Å². The highest BCUT2D eigenvalue weighted by molar-refractivity contribution is 5.97. The number of ether oxygens (including phenoxy) is 2. The largest absolute Gasteiger partial charge is 0.489 e. The highest BCUT2D eigenvalue weighted by Gasteiger charge is 2.41. The van der Waals surface area contributed by atoms with E-state index in [9.17, 15) is 9.59 Å². The minimum Gasteiger partial charge on any atom is -0.489 e. The summed E-state index contributed by atoms with van der Waals surface area (Å²) in [6.45, 7) is 2.34. The first-order valence-corrected chi connectivity index (χ1v) is 9.99. The zero-order valence-corrected chi connectivity index (χ0v) is 15.9. The summed E-state index contributed by atoms with van der Waals surface area (Å²) < 4.78 is 11.1. The Kier molecular flexibility index (Phi) is 5.34. The van der Waals surface area contributed by atoms with Crippen LogP contribution in [0.5, 0.6) is 5.75 Å². The van der Waals surface area contributed by atoms with Crippen molar-refractivity contribution in [1.29, 1.82) is 0 Å². The summed E-state index contributed by atoms with van der Waals surface area (Å²) in [6, 6.07) is 8.00. The van der Waals surface area contributed by atoms with Gasteiger partial charge in [-0.05, 0) is 37.3 Å². The number of carbonyl (C=O) groups is 2. The monoisotopic (exact) mass is 372 g/mol. The van der Waals surface area contributed by atoms with Crippen LogP contribution in [0.1, 0.15) is 42.5 Å². The molecule has 4 rings (SSSR count). The SMILES string of the molecule is COCC(=O)N1CCC(Oc2ccccc2C(=O)N2CC3CCC2C3)CC1. The molecule has 2 aliphatic heterocycles. The number of para-hydroxylation sites is 1. The normalized spacial score (nSPS) is 25.1. The number of methoxy groups -OCH3 is 1. The molecule has 2 saturated heterocycles. The molecule has 1 aliphatic carbocycles. The van der Waals surface area contributed by atoms with Gasteiger partial charge in [0.2, 0.25) is 5.91 Å². The minimum atomic E-state index is 0.0237. The maximum atomic E-state index is 13.1. The van der Waals surface area contributed by atoms with Crippen molar-refractivity contribution in [3.63, 3.8) is 0 Å². The Morgan fingerprint density at radius 2 is 1.89 bits per heavy atom. The fraction of sp³-hybridized carbons (Fsp3) is 0.619. The lowest BCUT2D eigenvalue weighted by molar-refractivity contribution is -0.136. The van der Waals surface area contributed by atoms with Crippen molar-refractivity contribution in [2.45, 2.75) is 44.2 Å². The number of nitrogens with zero attached hydrogens (tertiary/aromatic N) is 2. The molecule has 1 aromatic carbocycles. The van der Waals surface area contributed by atoms with Gasteiger partial charge in [0, 0.05) is 45.6 Å². The maximum absolute atomic E-state index is 13.1. The Balaban J connectivity index is 1.39. The molecule has 2 amide bonds. The summed E-state index contributed by atoms with van der Waals surface area (Å²) in [5.74, 6) is 1.48. The van der Waals surface area contributed by atoms with Gasteiger partial charge in [0.25, 0.3) is 5.91 Å². The van der Waals surface area contributed by atoms with Gasteiger partial charge in [-0.25, -0.2) is 0 Å². The molecule has 6 nitrogen and oxygen atoms in total. The van der Waals surface area contributed by atoms with Gasteiger partial charge in [-0.15, -0.1) is 0 Å². The molecule has 3 aliphatic rings. The topological polar surface area (TPSA) is 59.1 Å². The summed E-state index contributed by atoms with van der Waals surface area (Å²) in [5, 5.41) is 0. The van der Waals surface area contributed by atoms with Gasteiger partial charge in [0.1, 0.15) is 18.5 Å². The Morgan fingerprint density at radius 3 is 2.56 bits per heavy atom. The van der Waals surface area contributed by atoms with Gasteiger partial charge in [0.05, 0.1) is 5.56 Å². The van der Waals surface area contributed by atoms with Crippen LogP contribution in [-0.2, 0) is 9.53 Å². The molecule has 146 valence electrons. The smallest absolute Gasteiger partial charge is 0.257 e. The molecule has 0 N–H and O–H groups in total. The summed E-state index contributed by atoms with van der Waals surface area (Å²) in [5.41, 5.74) is 0.669. The number of hydrogen-bond acceptors (Lipinski definition) is 4. The van der Waals surface area contributed by atoms with Crippen LogP contribution in [-0.4, -0.2) is 67.1 Å². The Labute approximate surface area is 160 Å². The van der Waals surface area contributed by atoms with E-state index in [1.807, 2.05) is 34.1 Å². The Hall–Kier alpha value is -2.08. The van der Waals surface area contributed by atoms with Crippen LogP contribution >= 0.6 is 0 Å². The molecule has 6 heteroatoms. The van der Waals surface area contributed by atoms with E-state index in [0.29, 0.717) is 36.4 Å². The van der Waals surface area contributed by atoms with Gasteiger partial charge in [0.15, 0.2) is 0 Å². The average molecular weight is 372 g/mol. The number of piperidine rings is 2. The van der Waals surface area contributed by atoms with E-state index < -0.39 is 0 Å². The predicted octanol–water partition coefficient (Wildman–Crippen LogP) is 2.33. The number of amides is 2. The Morgan fingerprint density at radius 1 is 1.11 bits per heavy atom. The van der Waals surface area contributed by atoms with E-state index in [4.69, 9.17) is 9.47 Å². The van der Waals surface area contributed by atoms with Crippen molar-refractivity contribution in [3.8, 4) is 5.75 Å². The number of likely N-dealkylation sites (tertiary alicyclic amines) is 2. The first-order valence-electron chi connectivity index (χ1n) is 9.99. The van der Waals surface area contributed by atoms with Crippen LogP contribution in [0.4, 0.5) is 0 Å². The summed E-state index contributed by atoms with van der Waals surface area (Å²) in [6.07, 6.45) is 5.11. The van der Waals surface area contributed by atoms with E-state index >= 15 is 0 Å². The second kappa shape index (κ2) is 7.89. The van der Waals surface area contributed by atoms with Crippen LogP contribution < -0.4 is 4.74 Å². The van der Waals surface area contributed by atoms with Crippen LogP contribution in [0, 0.1) is 5.92 Å². The zero-order chi connectivity index (χ0) is 18.8. The molecule has 0 aromatic heterocycles. The van der Waals surface area contributed by atoms with Crippen molar-refractivity contribution >= 4 is 11.8 Å². The molecule has 27 heavy (non-hydrogen) atoms. The molecule has 2 heterocycles. The predicted molar refractivity (Wildman–Crippen MR) is 101 cm³/mol. The summed E-state index contributed by atoms with van der Waals surface area (Å²) in [4.78, 5) is 28.9. The molecule has 2 atom stereocenters. The third-order valence-electron chi connectivity index (χ3n) is 6.14. The third-order valence-corrected chi connectivity index (χ3v) is 6.14. The highest BCUT2D eigenvalue weighted by atomic mass is 16.5. The lowest BCUT2D eigenvalue weighted by Gasteiger charge is -2.33. The first kappa shape index (κ1) is 18.3. The third kappa shape index (κ3) is 3.81. The van der Waals surface area contributed by atoms with E-state index in [2.05, 4.69) is 0 Å². The standard InChI is InChI=1S/C21H28N2O4/c1-26-14-20(24)22-10-8-17(9-11-22)27-19-5-3-2-4-18(19)21(25)23-13-15-6-7-16(23)12-15/h2-5,15-17H,6-14H2,1H3. The maximum Gasteiger partial charge on any atom is 0.257 e. The second-order valence-corrected chi connectivity index (χ2v) is 7.92. The molecule has 0 radical (unpaired) electrons. The molecule has 2 unspecified atom stereocenters. The van der Waals surface area contributed by atoms with Crippen molar-refractivity contribution < 1.29 is 19.1 Å². The Bertz CT molecular complexity index is 699. The first-order chi connectivity index (χ1) is 13.2. The fourth-order valence-electron chi connectivity index (χ4n) is 4.69. The van der Waals surface area contributed by atoms with Crippen LogP contribution in [0.3, 0.4) is 0 Å². The molecule has 1 aromatic rings. The fourth-order valence-corrected chi connectivity index (χ4v) is 4.69. The molecule has 0 spiro atoms. The number of carbonyl (C=O) groups excluding carboxylic acids is 2. The zero-order valence-electron chi connectivity index (χ0n) is 15.9. The van der Waals surface area contributed by atoms with Gasteiger partial charge >= 0.3 is 0 Å². The molecular weight excluding hydrogens is 344 g/mol.